The summed E-state index contributed by atoms with van der Waals surface area (Å²) in [7, 11) is 0. The van der Waals surface area contributed by atoms with E-state index in [2.05, 4.69) is 49.2 Å². The highest BCUT2D eigenvalue weighted by atomic mass is 16.5. The largest absolute Gasteiger partial charge is 0.479 e. The maximum absolute atomic E-state index is 11.1. The van der Waals surface area contributed by atoms with Crippen molar-refractivity contribution in [3.63, 3.8) is 0 Å². The number of fused-ring (bicyclic) bond motifs is 1. The summed E-state index contributed by atoms with van der Waals surface area (Å²) in [6.07, 6.45) is 3.09. The number of ether oxygens (including phenoxy) is 1. The molecule has 1 N–H and O–H groups in total. The van der Waals surface area contributed by atoms with Gasteiger partial charge in [0, 0.05) is 24.4 Å². The molecule has 3 rings (SSSR count). The van der Waals surface area contributed by atoms with Crippen molar-refractivity contribution in [2.24, 2.45) is 0 Å². The van der Waals surface area contributed by atoms with E-state index in [-0.39, 0.29) is 0 Å². The number of carboxylic acid groups (broad SMARTS) is 1. The number of rotatable bonds is 6. The molecule has 0 amide bonds. The van der Waals surface area contributed by atoms with E-state index in [1.54, 1.807) is 18.5 Å². The molecule has 0 radical (unpaired) electrons. The Balaban J connectivity index is 2.00. The molecule has 3 aromatic rings. The monoisotopic (exact) mass is 349 g/mol. The van der Waals surface area contributed by atoms with Gasteiger partial charge in [-0.15, -0.1) is 0 Å². The molecule has 1 atom stereocenters. The molecule has 1 aromatic heterocycles. The standard InChI is InChI=1S/C22H23NO3/c1-14(2)18-9-8-16(19-6-4-5-7-20(18)19)12-17-13-23-11-10-21(17)26-15(3)22(24)25/h4-11,13-15H,12H2,1-3H3,(H,24,25). The van der Waals surface area contributed by atoms with Crippen LogP contribution in [0, 0.1) is 0 Å². The van der Waals surface area contributed by atoms with Crippen molar-refractivity contribution in [3.8, 4) is 5.75 Å². The van der Waals surface area contributed by atoms with Gasteiger partial charge in [-0.3, -0.25) is 4.98 Å². The Kier molecular flexibility index (Phi) is 5.21. The lowest BCUT2D eigenvalue weighted by Gasteiger charge is -2.16. The lowest BCUT2D eigenvalue weighted by atomic mass is 9.91. The van der Waals surface area contributed by atoms with E-state index in [4.69, 9.17) is 9.84 Å². The summed E-state index contributed by atoms with van der Waals surface area (Å²) >= 11 is 0. The predicted octanol–water partition coefficient (Wildman–Crippen LogP) is 4.80. The molecular weight excluding hydrogens is 326 g/mol. The van der Waals surface area contributed by atoms with Crippen LogP contribution >= 0.6 is 0 Å². The molecular formula is C22H23NO3. The van der Waals surface area contributed by atoms with E-state index in [1.807, 2.05) is 6.07 Å². The van der Waals surface area contributed by atoms with Gasteiger partial charge in [-0.1, -0.05) is 50.2 Å². The summed E-state index contributed by atoms with van der Waals surface area (Å²) in [6.45, 7) is 5.92. The minimum atomic E-state index is -0.987. The zero-order valence-corrected chi connectivity index (χ0v) is 15.3. The average molecular weight is 349 g/mol. The van der Waals surface area contributed by atoms with Crippen LogP contribution in [-0.2, 0) is 11.2 Å². The Hall–Kier alpha value is -2.88. The van der Waals surface area contributed by atoms with Crippen LogP contribution < -0.4 is 4.74 Å². The summed E-state index contributed by atoms with van der Waals surface area (Å²) in [5, 5.41) is 11.6. The molecule has 0 fully saturated rings. The van der Waals surface area contributed by atoms with Crippen molar-refractivity contribution in [1.82, 2.24) is 4.98 Å². The van der Waals surface area contributed by atoms with Crippen LogP contribution in [0.2, 0.25) is 0 Å². The van der Waals surface area contributed by atoms with Gasteiger partial charge in [0.1, 0.15) is 5.75 Å². The van der Waals surface area contributed by atoms with Crippen molar-refractivity contribution in [2.75, 3.05) is 0 Å². The number of hydrogen-bond donors (Lipinski definition) is 1. The first kappa shape index (κ1) is 17.9. The molecule has 2 aromatic carbocycles. The number of carboxylic acids is 1. The number of benzene rings is 2. The van der Waals surface area contributed by atoms with Crippen LogP contribution in [0.15, 0.2) is 54.9 Å². The predicted molar refractivity (Wildman–Crippen MR) is 103 cm³/mol. The van der Waals surface area contributed by atoms with E-state index < -0.39 is 12.1 Å². The second-order valence-corrected chi connectivity index (χ2v) is 6.77. The molecule has 4 heteroatoms. The van der Waals surface area contributed by atoms with Gasteiger partial charge in [-0.2, -0.15) is 0 Å². The van der Waals surface area contributed by atoms with Crippen LogP contribution in [0.5, 0.6) is 5.75 Å². The lowest BCUT2D eigenvalue weighted by molar-refractivity contribution is -0.144. The Morgan fingerprint density at radius 1 is 1.04 bits per heavy atom. The first-order valence-corrected chi connectivity index (χ1v) is 8.80. The molecule has 0 aliphatic carbocycles. The second-order valence-electron chi connectivity index (χ2n) is 6.77. The number of aromatic nitrogens is 1. The zero-order valence-electron chi connectivity index (χ0n) is 15.3. The van der Waals surface area contributed by atoms with Gasteiger partial charge in [-0.25, -0.2) is 4.79 Å². The maximum Gasteiger partial charge on any atom is 0.344 e. The minimum Gasteiger partial charge on any atom is -0.479 e. The second kappa shape index (κ2) is 7.56. The van der Waals surface area contributed by atoms with Crippen molar-refractivity contribution in [2.45, 2.75) is 39.2 Å². The number of hydrogen-bond acceptors (Lipinski definition) is 3. The first-order valence-electron chi connectivity index (χ1n) is 8.80. The number of carbonyl (C=O) groups is 1. The van der Waals surface area contributed by atoms with Crippen LogP contribution in [0.4, 0.5) is 0 Å². The third-order valence-corrected chi connectivity index (χ3v) is 4.56. The van der Waals surface area contributed by atoms with E-state index in [0.717, 1.165) is 5.56 Å². The SMILES string of the molecule is CC(Oc1ccncc1Cc1ccc(C(C)C)c2ccccc12)C(=O)O. The van der Waals surface area contributed by atoms with Crippen molar-refractivity contribution in [3.05, 3.63) is 71.5 Å². The molecule has 0 aliphatic heterocycles. The van der Waals surface area contributed by atoms with E-state index in [0.29, 0.717) is 18.1 Å². The van der Waals surface area contributed by atoms with Crippen LogP contribution in [0.1, 0.15) is 43.4 Å². The zero-order chi connectivity index (χ0) is 18.7. The fraction of sp³-hybridized carbons (Fsp3) is 0.273. The lowest BCUT2D eigenvalue weighted by Crippen LogP contribution is -2.23. The average Bonchev–Trinajstić information content (AvgIpc) is 2.63. The Morgan fingerprint density at radius 3 is 2.46 bits per heavy atom. The van der Waals surface area contributed by atoms with Crippen molar-refractivity contribution in [1.29, 1.82) is 0 Å². The van der Waals surface area contributed by atoms with Crippen LogP contribution in [0.3, 0.4) is 0 Å². The van der Waals surface area contributed by atoms with Crippen molar-refractivity contribution < 1.29 is 14.6 Å². The smallest absolute Gasteiger partial charge is 0.344 e. The van der Waals surface area contributed by atoms with Gasteiger partial charge < -0.3 is 9.84 Å². The fourth-order valence-corrected chi connectivity index (χ4v) is 3.15. The van der Waals surface area contributed by atoms with Gasteiger partial charge in [0.15, 0.2) is 6.10 Å². The summed E-state index contributed by atoms with van der Waals surface area (Å²) in [5.41, 5.74) is 3.38. The van der Waals surface area contributed by atoms with Gasteiger partial charge in [0.2, 0.25) is 0 Å². The number of nitrogens with zero attached hydrogens (tertiary/aromatic N) is 1. The number of aliphatic carboxylic acids is 1. The quantitative estimate of drug-likeness (QED) is 0.694. The van der Waals surface area contributed by atoms with Gasteiger partial charge in [-0.05, 0) is 40.8 Å². The normalized spacial score (nSPS) is 12.3. The highest BCUT2D eigenvalue weighted by Crippen LogP contribution is 2.31. The molecule has 0 bridgehead atoms. The summed E-state index contributed by atoms with van der Waals surface area (Å²) in [6, 6.07) is 14.4. The molecule has 1 heterocycles. The molecule has 134 valence electrons. The summed E-state index contributed by atoms with van der Waals surface area (Å²) in [5.74, 6) is 0.0223. The molecule has 0 aliphatic rings. The summed E-state index contributed by atoms with van der Waals surface area (Å²) in [4.78, 5) is 15.3. The highest BCUT2D eigenvalue weighted by Gasteiger charge is 2.16. The fourth-order valence-electron chi connectivity index (χ4n) is 3.15. The van der Waals surface area contributed by atoms with Crippen LogP contribution in [0.25, 0.3) is 10.8 Å². The maximum atomic E-state index is 11.1. The topological polar surface area (TPSA) is 59.4 Å². The third kappa shape index (κ3) is 3.69. The summed E-state index contributed by atoms with van der Waals surface area (Å²) < 4.78 is 5.61. The molecule has 0 spiro atoms. The Morgan fingerprint density at radius 2 is 1.77 bits per heavy atom. The van der Waals surface area contributed by atoms with Crippen molar-refractivity contribution >= 4 is 16.7 Å². The molecule has 0 saturated heterocycles. The Bertz CT molecular complexity index is 934. The van der Waals surface area contributed by atoms with E-state index in [1.165, 1.54) is 28.8 Å². The molecule has 4 nitrogen and oxygen atoms in total. The highest BCUT2D eigenvalue weighted by molar-refractivity contribution is 5.89. The minimum absolute atomic E-state index is 0.447. The van der Waals surface area contributed by atoms with Crippen LogP contribution in [-0.4, -0.2) is 22.2 Å². The Labute approximate surface area is 153 Å². The van der Waals surface area contributed by atoms with E-state index >= 15 is 0 Å². The third-order valence-electron chi connectivity index (χ3n) is 4.56. The molecule has 1 unspecified atom stereocenters. The van der Waals surface area contributed by atoms with Gasteiger partial charge in [0.25, 0.3) is 0 Å². The van der Waals surface area contributed by atoms with E-state index in [9.17, 15) is 4.79 Å². The van der Waals surface area contributed by atoms with Gasteiger partial charge in [0.05, 0.1) is 0 Å². The first-order chi connectivity index (χ1) is 12.5. The molecule has 0 saturated carbocycles. The molecule has 26 heavy (non-hydrogen) atoms. The number of pyridine rings is 1. The van der Waals surface area contributed by atoms with Gasteiger partial charge >= 0.3 is 5.97 Å².